The molecule has 1 aromatic carbocycles. The Kier molecular flexibility index (Phi) is 6.87. The van der Waals surface area contributed by atoms with Crippen LogP contribution in [0.15, 0.2) is 47.6 Å². The molecule has 0 bridgehead atoms. The summed E-state index contributed by atoms with van der Waals surface area (Å²) in [7, 11) is -3.59. The van der Waals surface area contributed by atoms with Crippen molar-refractivity contribution >= 4 is 27.3 Å². The van der Waals surface area contributed by atoms with Gasteiger partial charge in [-0.1, -0.05) is 6.92 Å². The summed E-state index contributed by atoms with van der Waals surface area (Å²) in [6.07, 6.45) is 5.85. The number of nitrogens with one attached hydrogen (secondary N) is 2. The molecule has 2 heterocycles. The van der Waals surface area contributed by atoms with E-state index in [1.54, 1.807) is 38.2 Å². The van der Waals surface area contributed by atoms with Crippen LogP contribution in [0, 0.1) is 12.8 Å². The predicted octanol–water partition coefficient (Wildman–Crippen LogP) is 2.93. The Labute approximate surface area is 172 Å². The van der Waals surface area contributed by atoms with Gasteiger partial charge in [-0.15, -0.1) is 0 Å². The van der Waals surface area contributed by atoms with Crippen molar-refractivity contribution in [2.45, 2.75) is 38.0 Å². The lowest BCUT2D eigenvalue weighted by Crippen LogP contribution is -2.38. The first kappa shape index (κ1) is 21.3. The molecule has 0 unspecified atom stereocenters. The van der Waals surface area contributed by atoms with Gasteiger partial charge in [0.15, 0.2) is 0 Å². The van der Waals surface area contributed by atoms with Crippen LogP contribution in [0.2, 0.25) is 0 Å². The summed E-state index contributed by atoms with van der Waals surface area (Å²) in [5.74, 6) is 0.205. The SMILES string of the molecule is CCC(=O)Nc1ccc(S(=O)(=O)NCC2CCN(c3cccnc3)CC2)c(C)c1. The third-order valence-electron chi connectivity index (χ3n) is 5.26. The van der Waals surface area contributed by atoms with E-state index in [1.807, 2.05) is 18.3 Å². The lowest BCUT2D eigenvalue weighted by molar-refractivity contribution is -0.115. The summed E-state index contributed by atoms with van der Waals surface area (Å²) in [6, 6.07) is 8.84. The monoisotopic (exact) mass is 416 g/mol. The molecule has 2 N–H and O–H groups in total. The third-order valence-corrected chi connectivity index (χ3v) is 6.84. The second-order valence-electron chi connectivity index (χ2n) is 7.38. The van der Waals surface area contributed by atoms with Crippen LogP contribution in [0.25, 0.3) is 0 Å². The van der Waals surface area contributed by atoms with Crippen molar-refractivity contribution in [2.75, 3.05) is 29.9 Å². The van der Waals surface area contributed by atoms with Crippen LogP contribution in [-0.2, 0) is 14.8 Å². The van der Waals surface area contributed by atoms with E-state index in [-0.39, 0.29) is 10.8 Å². The first-order valence-corrected chi connectivity index (χ1v) is 11.4. The van der Waals surface area contributed by atoms with Crippen molar-refractivity contribution in [3.8, 4) is 0 Å². The molecule has 0 aliphatic carbocycles. The third kappa shape index (κ3) is 5.55. The molecule has 1 saturated heterocycles. The fourth-order valence-corrected chi connectivity index (χ4v) is 4.86. The average molecular weight is 417 g/mol. The number of carbonyl (C=O) groups is 1. The fraction of sp³-hybridized carbons (Fsp3) is 0.429. The zero-order chi connectivity index (χ0) is 20.9. The quantitative estimate of drug-likeness (QED) is 0.724. The molecular formula is C21H28N4O3S. The summed E-state index contributed by atoms with van der Waals surface area (Å²) in [5, 5.41) is 2.75. The highest BCUT2D eigenvalue weighted by molar-refractivity contribution is 7.89. The van der Waals surface area contributed by atoms with Gasteiger partial charge in [0.2, 0.25) is 15.9 Å². The van der Waals surface area contributed by atoms with Gasteiger partial charge in [-0.25, -0.2) is 13.1 Å². The van der Waals surface area contributed by atoms with Crippen LogP contribution in [0.4, 0.5) is 11.4 Å². The van der Waals surface area contributed by atoms with Gasteiger partial charge < -0.3 is 10.2 Å². The molecule has 3 rings (SSSR count). The van der Waals surface area contributed by atoms with Gasteiger partial charge in [-0.3, -0.25) is 9.78 Å². The molecule has 0 atom stereocenters. The molecule has 0 saturated carbocycles. The smallest absolute Gasteiger partial charge is 0.240 e. The van der Waals surface area contributed by atoms with Crippen LogP contribution in [0.3, 0.4) is 0 Å². The summed E-state index contributed by atoms with van der Waals surface area (Å²) in [5.41, 5.74) is 2.33. The molecule has 2 aromatic rings. The molecule has 1 aliphatic rings. The first-order valence-electron chi connectivity index (χ1n) is 9.94. The number of piperidine rings is 1. The Bertz CT molecular complexity index is 940. The standard InChI is InChI=1S/C21H28N4O3S/c1-3-21(26)24-18-6-7-20(16(2)13-18)29(27,28)23-14-17-8-11-25(12-9-17)19-5-4-10-22-15-19/h4-7,10,13,15,17,23H,3,8-9,11-12,14H2,1-2H3,(H,24,26). The van der Waals surface area contributed by atoms with Crippen LogP contribution >= 0.6 is 0 Å². The number of aryl methyl sites for hydroxylation is 1. The van der Waals surface area contributed by atoms with Crippen LogP contribution in [-0.4, -0.2) is 38.9 Å². The summed E-state index contributed by atoms with van der Waals surface area (Å²) >= 11 is 0. The van der Waals surface area contributed by atoms with Crippen molar-refractivity contribution in [1.29, 1.82) is 0 Å². The largest absolute Gasteiger partial charge is 0.370 e. The van der Waals surface area contributed by atoms with E-state index < -0.39 is 10.0 Å². The topological polar surface area (TPSA) is 91.4 Å². The van der Waals surface area contributed by atoms with Crippen molar-refractivity contribution in [3.63, 3.8) is 0 Å². The van der Waals surface area contributed by atoms with Crippen LogP contribution in [0.5, 0.6) is 0 Å². The Hall–Kier alpha value is -2.45. The average Bonchev–Trinajstić information content (AvgIpc) is 2.73. The van der Waals surface area contributed by atoms with E-state index in [2.05, 4.69) is 19.9 Å². The lowest BCUT2D eigenvalue weighted by Gasteiger charge is -2.33. The van der Waals surface area contributed by atoms with Crippen LogP contribution in [0.1, 0.15) is 31.7 Å². The highest BCUT2D eigenvalue weighted by Crippen LogP contribution is 2.24. The first-order chi connectivity index (χ1) is 13.9. The lowest BCUT2D eigenvalue weighted by atomic mass is 9.97. The summed E-state index contributed by atoms with van der Waals surface area (Å²) in [6.45, 7) is 5.72. The number of hydrogen-bond acceptors (Lipinski definition) is 5. The minimum Gasteiger partial charge on any atom is -0.370 e. The number of hydrogen-bond donors (Lipinski definition) is 2. The number of carbonyl (C=O) groups excluding carboxylic acids is 1. The zero-order valence-corrected chi connectivity index (χ0v) is 17.7. The number of benzene rings is 1. The molecule has 1 amide bonds. The number of nitrogens with zero attached hydrogens (tertiary/aromatic N) is 2. The number of aromatic nitrogens is 1. The van der Waals surface area contributed by atoms with Crippen molar-refractivity contribution in [1.82, 2.24) is 9.71 Å². The normalized spacial score (nSPS) is 15.3. The van der Waals surface area contributed by atoms with Gasteiger partial charge in [0.1, 0.15) is 0 Å². The molecule has 156 valence electrons. The second kappa shape index (κ2) is 9.37. The van der Waals surface area contributed by atoms with Crippen LogP contribution < -0.4 is 14.9 Å². The van der Waals surface area contributed by atoms with Gasteiger partial charge in [0.25, 0.3) is 0 Å². The Morgan fingerprint density at radius 1 is 1.24 bits per heavy atom. The second-order valence-corrected chi connectivity index (χ2v) is 9.11. The van der Waals surface area contributed by atoms with Crippen molar-refractivity contribution < 1.29 is 13.2 Å². The Morgan fingerprint density at radius 3 is 2.62 bits per heavy atom. The van der Waals surface area contributed by atoms with Gasteiger partial charge in [-0.2, -0.15) is 0 Å². The molecule has 1 aliphatic heterocycles. The maximum absolute atomic E-state index is 12.8. The van der Waals surface area contributed by atoms with Gasteiger partial charge in [0, 0.05) is 37.9 Å². The molecule has 7 nitrogen and oxygen atoms in total. The highest BCUT2D eigenvalue weighted by Gasteiger charge is 2.23. The minimum absolute atomic E-state index is 0.101. The molecule has 0 spiro atoms. The molecule has 0 radical (unpaired) electrons. The number of amides is 1. The zero-order valence-electron chi connectivity index (χ0n) is 16.9. The minimum atomic E-state index is -3.59. The number of pyridine rings is 1. The summed E-state index contributed by atoms with van der Waals surface area (Å²) in [4.78, 5) is 18.2. The predicted molar refractivity (Wildman–Crippen MR) is 114 cm³/mol. The van der Waals surface area contributed by atoms with E-state index in [4.69, 9.17) is 0 Å². The van der Waals surface area contributed by atoms with E-state index in [0.29, 0.717) is 30.1 Å². The van der Waals surface area contributed by atoms with E-state index in [9.17, 15) is 13.2 Å². The molecule has 29 heavy (non-hydrogen) atoms. The molecule has 1 fully saturated rings. The molecule has 1 aromatic heterocycles. The Morgan fingerprint density at radius 2 is 2.00 bits per heavy atom. The maximum atomic E-state index is 12.8. The van der Waals surface area contributed by atoms with Crippen molar-refractivity contribution in [2.24, 2.45) is 5.92 Å². The molecule has 8 heteroatoms. The van der Waals surface area contributed by atoms with E-state index in [0.717, 1.165) is 31.6 Å². The summed E-state index contributed by atoms with van der Waals surface area (Å²) < 4.78 is 28.3. The van der Waals surface area contributed by atoms with E-state index in [1.165, 1.54) is 0 Å². The van der Waals surface area contributed by atoms with Gasteiger partial charge in [-0.05, 0) is 61.6 Å². The van der Waals surface area contributed by atoms with E-state index >= 15 is 0 Å². The fourth-order valence-electron chi connectivity index (χ4n) is 3.52. The number of anilines is 2. The highest BCUT2D eigenvalue weighted by atomic mass is 32.2. The van der Waals surface area contributed by atoms with Gasteiger partial charge >= 0.3 is 0 Å². The number of sulfonamides is 1. The number of rotatable bonds is 7. The molecular weight excluding hydrogens is 388 g/mol. The Balaban J connectivity index is 1.56. The van der Waals surface area contributed by atoms with Gasteiger partial charge in [0.05, 0.1) is 16.8 Å². The van der Waals surface area contributed by atoms with Crippen molar-refractivity contribution in [3.05, 3.63) is 48.3 Å². The maximum Gasteiger partial charge on any atom is 0.240 e.